The highest BCUT2D eigenvalue weighted by Gasteiger charge is 2.23. The van der Waals surface area contributed by atoms with Crippen LogP contribution in [0.1, 0.15) is 11.1 Å². The van der Waals surface area contributed by atoms with Gasteiger partial charge in [0, 0.05) is 22.9 Å². The molecule has 0 amide bonds. The second-order valence-corrected chi connectivity index (χ2v) is 5.52. The van der Waals surface area contributed by atoms with Gasteiger partial charge in [-0.3, -0.25) is 9.36 Å². The van der Waals surface area contributed by atoms with Crippen LogP contribution in [0.25, 0.3) is 16.9 Å². The fourth-order valence-corrected chi connectivity index (χ4v) is 3.23. The third-order valence-corrected chi connectivity index (χ3v) is 4.23. The minimum atomic E-state index is -0.209. The number of aromatic hydroxyl groups is 1. The quantitative estimate of drug-likeness (QED) is 0.747. The molecule has 2 aromatic carbocycles. The number of aromatic nitrogens is 1. The van der Waals surface area contributed by atoms with Gasteiger partial charge in [-0.15, -0.1) is 0 Å². The largest absolute Gasteiger partial charge is 0.507 e. The van der Waals surface area contributed by atoms with Gasteiger partial charge in [-0.05, 0) is 30.5 Å². The topological polar surface area (TPSA) is 42.2 Å². The van der Waals surface area contributed by atoms with Gasteiger partial charge in [0.2, 0.25) is 0 Å². The van der Waals surface area contributed by atoms with Gasteiger partial charge in [0.25, 0.3) is 5.56 Å². The summed E-state index contributed by atoms with van der Waals surface area (Å²) in [5.41, 5.74) is 4.52. The highest BCUT2D eigenvalue weighted by molar-refractivity contribution is 5.74. The molecule has 4 rings (SSSR count). The molecule has 0 bridgehead atoms. The first-order chi connectivity index (χ1) is 10.8. The second kappa shape index (κ2) is 4.88. The van der Waals surface area contributed by atoms with E-state index in [2.05, 4.69) is 6.07 Å². The van der Waals surface area contributed by atoms with Gasteiger partial charge < -0.3 is 5.11 Å². The fourth-order valence-electron chi connectivity index (χ4n) is 3.23. The van der Waals surface area contributed by atoms with Crippen LogP contribution in [0.3, 0.4) is 0 Å². The lowest BCUT2D eigenvalue weighted by Crippen LogP contribution is -2.23. The lowest BCUT2D eigenvalue weighted by atomic mass is 9.88. The van der Waals surface area contributed by atoms with Crippen LogP contribution in [0, 0.1) is 0 Å². The van der Waals surface area contributed by atoms with E-state index >= 15 is 0 Å². The first kappa shape index (κ1) is 12.9. The van der Waals surface area contributed by atoms with E-state index in [1.165, 1.54) is 11.6 Å². The van der Waals surface area contributed by atoms with Gasteiger partial charge >= 0.3 is 0 Å². The van der Waals surface area contributed by atoms with Crippen molar-refractivity contribution in [1.29, 1.82) is 0 Å². The molecule has 0 saturated heterocycles. The van der Waals surface area contributed by atoms with Crippen molar-refractivity contribution in [3.63, 3.8) is 0 Å². The van der Waals surface area contributed by atoms with Crippen LogP contribution in [0.5, 0.6) is 5.75 Å². The summed E-state index contributed by atoms with van der Waals surface area (Å²) in [5, 5.41) is 10.2. The fraction of sp³-hybridized carbons (Fsp3) is 0.105. The van der Waals surface area contributed by atoms with Crippen molar-refractivity contribution in [2.24, 2.45) is 0 Å². The first-order valence-corrected chi connectivity index (χ1v) is 7.37. The number of aryl methyl sites for hydroxylation is 1. The minimum Gasteiger partial charge on any atom is -0.507 e. The molecule has 22 heavy (non-hydrogen) atoms. The molecule has 0 saturated carbocycles. The van der Waals surface area contributed by atoms with Crippen molar-refractivity contribution in [3.05, 3.63) is 82.1 Å². The Hall–Kier alpha value is -2.81. The van der Waals surface area contributed by atoms with Crippen LogP contribution in [-0.4, -0.2) is 9.67 Å². The van der Waals surface area contributed by atoms with Crippen molar-refractivity contribution in [2.45, 2.75) is 12.8 Å². The van der Waals surface area contributed by atoms with Gasteiger partial charge in [0.05, 0.1) is 5.69 Å². The molecule has 1 aliphatic carbocycles. The summed E-state index contributed by atoms with van der Waals surface area (Å²) in [5.74, 6) is 0.0988. The average molecular weight is 289 g/mol. The Bertz CT molecular complexity index is 910. The van der Waals surface area contributed by atoms with Crippen LogP contribution in [-0.2, 0) is 12.8 Å². The zero-order valence-corrected chi connectivity index (χ0v) is 12.0. The Labute approximate surface area is 128 Å². The minimum absolute atomic E-state index is 0.0988. The third-order valence-electron chi connectivity index (χ3n) is 4.23. The molecule has 3 heteroatoms. The van der Waals surface area contributed by atoms with Crippen molar-refractivity contribution < 1.29 is 5.11 Å². The van der Waals surface area contributed by atoms with Gasteiger partial charge in [0.15, 0.2) is 0 Å². The molecule has 1 aromatic heterocycles. The Morgan fingerprint density at radius 2 is 1.64 bits per heavy atom. The summed E-state index contributed by atoms with van der Waals surface area (Å²) in [6.45, 7) is 0. The van der Waals surface area contributed by atoms with Crippen LogP contribution in [0.2, 0.25) is 0 Å². The maximum atomic E-state index is 12.5. The van der Waals surface area contributed by atoms with Gasteiger partial charge in [0.1, 0.15) is 5.75 Å². The maximum absolute atomic E-state index is 12.5. The van der Waals surface area contributed by atoms with E-state index in [1.807, 2.05) is 48.5 Å². The summed E-state index contributed by atoms with van der Waals surface area (Å²) < 4.78 is 1.70. The standard InChI is InChI=1S/C19H15NO2/c21-17-12-18(22)20(14-7-2-1-3-8-14)19-15-9-5-4-6-13(15)10-11-16(17)19/h1-9,12,21H,10-11H2. The highest BCUT2D eigenvalue weighted by atomic mass is 16.3. The Morgan fingerprint density at radius 3 is 2.45 bits per heavy atom. The number of hydrogen-bond acceptors (Lipinski definition) is 2. The predicted octanol–water partition coefficient (Wildman–Crippen LogP) is 3.31. The molecule has 1 N–H and O–H groups in total. The number of benzene rings is 2. The van der Waals surface area contributed by atoms with Crippen LogP contribution in [0.15, 0.2) is 65.5 Å². The van der Waals surface area contributed by atoms with Crippen LogP contribution in [0.4, 0.5) is 0 Å². The lowest BCUT2D eigenvalue weighted by molar-refractivity contribution is 0.465. The molecule has 0 spiro atoms. The van der Waals surface area contributed by atoms with Gasteiger partial charge in [-0.25, -0.2) is 0 Å². The molecule has 0 aliphatic heterocycles. The monoisotopic (exact) mass is 289 g/mol. The zero-order valence-electron chi connectivity index (χ0n) is 12.0. The SMILES string of the molecule is O=c1cc(O)c2c(n1-c1ccccc1)-c1ccccc1CC2. The molecular formula is C19H15NO2. The molecule has 0 radical (unpaired) electrons. The number of rotatable bonds is 1. The summed E-state index contributed by atoms with van der Waals surface area (Å²) in [4.78, 5) is 12.5. The van der Waals surface area contributed by atoms with Gasteiger partial charge in [-0.2, -0.15) is 0 Å². The first-order valence-electron chi connectivity index (χ1n) is 7.37. The van der Waals surface area contributed by atoms with Crippen LogP contribution >= 0.6 is 0 Å². The smallest absolute Gasteiger partial charge is 0.259 e. The Balaban J connectivity index is 2.13. The second-order valence-electron chi connectivity index (χ2n) is 5.52. The zero-order chi connectivity index (χ0) is 15.1. The van der Waals surface area contributed by atoms with E-state index in [1.54, 1.807) is 4.57 Å². The third kappa shape index (κ3) is 1.86. The normalized spacial score (nSPS) is 12.5. The summed E-state index contributed by atoms with van der Waals surface area (Å²) in [6.07, 6.45) is 1.62. The molecule has 3 nitrogen and oxygen atoms in total. The van der Waals surface area contributed by atoms with E-state index in [-0.39, 0.29) is 11.3 Å². The number of pyridine rings is 1. The predicted molar refractivity (Wildman–Crippen MR) is 86.5 cm³/mol. The summed E-state index contributed by atoms with van der Waals surface area (Å²) >= 11 is 0. The average Bonchev–Trinajstić information content (AvgIpc) is 2.55. The van der Waals surface area contributed by atoms with Crippen molar-refractivity contribution in [3.8, 4) is 22.7 Å². The molecule has 0 atom stereocenters. The number of fused-ring (bicyclic) bond motifs is 3. The van der Waals surface area contributed by atoms with E-state index in [9.17, 15) is 9.90 Å². The van der Waals surface area contributed by atoms with E-state index < -0.39 is 0 Å². The van der Waals surface area contributed by atoms with E-state index in [0.29, 0.717) is 0 Å². The highest BCUT2D eigenvalue weighted by Crippen LogP contribution is 2.37. The van der Waals surface area contributed by atoms with Crippen molar-refractivity contribution in [2.75, 3.05) is 0 Å². The summed E-state index contributed by atoms with van der Waals surface area (Å²) in [6, 6.07) is 19.0. The lowest BCUT2D eigenvalue weighted by Gasteiger charge is -2.24. The number of nitrogens with zero attached hydrogens (tertiary/aromatic N) is 1. The molecular weight excluding hydrogens is 274 g/mol. The molecule has 1 aliphatic rings. The molecule has 0 fully saturated rings. The van der Waals surface area contributed by atoms with Crippen LogP contribution < -0.4 is 5.56 Å². The molecule has 1 heterocycles. The van der Waals surface area contributed by atoms with Crippen molar-refractivity contribution in [1.82, 2.24) is 4.57 Å². The van der Waals surface area contributed by atoms with E-state index in [4.69, 9.17) is 0 Å². The van der Waals surface area contributed by atoms with E-state index in [0.717, 1.165) is 35.3 Å². The molecule has 0 unspecified atom stereocenters. The maximum Gasteiger partial charge on any atom is 0.259 e. The number of hydrogen-bond donors (Lipinski definition) is 1. The molecule has 3 aromatic rings. The molecule has 108 valence electrons. The Morgan fingerprint density at radius 1 is 0.909 bits per heavy atom. The summed E-state index contributed by atoms with van der Waals surface area (Å²) in [7, 11) is 0. The van der Waals surface area contributed by atoms with Gasteiger partial charge in [-0.1, -0.05) is 42.5 Å². The Kier molecular flexibility index (Phi) is 2.86. The number of para-hydroxylation sites is 1. The van der Waals surface area contributed by atoms with Crippen molar-refractivity contribution >= 4 is 0 Å².